The SMILES string of the molecule is CC(C)C[C@@H](N)c1cccc(OC(F)(F)F)c1.Cl. The molecule has 0 radical (unpaired) electrons. The minimum Gasteiger partial charge on any atom is -0.406 e. The van der Waals surface area contributed by atoms with Crippen LogP contribution < -0.4 is 10.5 Å². The van der Waals surface area contributed by atoms with Crippen molar-refractivity contribution in [2.45, 2.75) is 32.7 Å². The molecular weight excluding hydrogens is 267 g/mol. The van der Waals surface area contributed by atoms with Gasteiger partial charge in [-0.05, 0) is 30.0 Å². The maximum absolute atomic E-state index is 12.0. The smallest absolute Gasteiger partial charge is 0.406 e. The molecule has 0 amide bonds. The van der Waals surface area contributed by atoms with Gasteiger partial charge < -0.3 is 10.5 Å². The van der Waals surface area contributed by atoms with Gasteiger partial charge in [0.1, 0.15) is 5.75 Å². The maximum atomic E-state index is 12.0. The van der Waals surface area contributed by atoms with Gasteiger partial charge in [-0.2, -0.15) is 0 Å². The number of halogens is 4. The predicted octanol–water partition coefficient (Wildman–Crippen LogP) is 4.05. The fourth-order valence-corrected chi connectivity index (χ4v) is 1.59. The van der Waals surface area contributed by atoms with Crippen molar-refractivity contribution in [2.75, 3.05) is 0 Å². The molecule has 6 heteroatoms. The Hall–Kier alpha value is -0.940. The lowest BCUT2D eigenvalue weighted by atomic mass is 9.98. The second-order valence-corrected chi connectivity index (χ2v) is 4.36. The number of hydrogen-bond donors (Lipinski definition) is 1. The third-order valence-corrected chi connectivity index (χ3v) is 2.25. The standard InChI is InChI=1S/C12H16F3NO.ClH/c1-8(2)6-11(16)9-4-3-5-10(7-9)17-12(13,14)15;/h3-5,7-8,11H,6,16H2,1-2H3;1H/t11-;/m1./s1. The zero-order valence-corrected chi connectivity index (χ0v) is 11.0. The van der Waals surface area contributed by atoms with Crippen LogP contribution in [0.4, 0.5) is 13.2 Å². The van der Waals surface area contributed by atoms with E-state index >= 15 is 0 Å². The van der Waals surface area contributed by atoms with Crippen LogP contribution in [0.2, 0.25) is 0 Å². The Labute approximate surface area is 111 Å². The summed E-state index contributed by atoms with van der Waals surface area (Å²) in [6, 6.07) is 5.54. The van der Waals surface area contributed by atoms with Gasteiger partial charge in [0.2, 0.25) is 0 Å². The van der Waals surface area contributed by atoms with E-state index in [2.05, 4.69) is 4.74 Å². The fraction of sp³-hybridized carbons (Fsp3) is 0.500. The summed E-state index contributed by atoms with van der Waals surface area (Å²) in [5, 5.41) is 0. The van der Waals surface area contributed by atoms with E-state index < -0.39 is 6.36 Å². The summed E-state index contributed by atoms with van der Waals surface area (Å²) in [4.78, 5) is 0. The predicted molar refractivity (Wildman–Crippen MR) is 66.8 cm³/mol. The van der Waals surface area contributed by atoms with Crippen molar-refractivity contribution in [3.8, 4) is 5.75 Å². The van der Waals surface area contributed by atoms with Crippen molar-refractivity contribution in [1.29, 1.82) is 0 Å². The highest BCUT2D eigenvalue weighted by molar-refractivity contribution is 5.85. The van der Waals surface area contributed by atoms with E-state index in [1.165, 1.54) is 18.2 Å². The molecule has 0 saturated heterocycles. The largest absolute Gasteiger partial charge is 0.573 e. The Balaban J connectivity index is 0.00000289. The van der Waals surface area contributed by atoms with Crippen molar-refractivity contribution in [2.24, 2.45) is 11.7 Å². The topological polar surface area (TPSA) is 35.2 Å². The molecule has 0 fully saturated rings. The van der Waals surface area contributed by atoms with E-state index in [0.29, 0.717) is 11.5 Å². The number of alkyl halides is 3. The first-order chi connectivity index (χ1) is 7.78. The first-order valence-corrected chi connectivity index (χ1v) is 5.39. The number of nitrogens with two attached hydrogens (primary N) is 1. The van der Waals surface area contributed by atoms with Crippen LogP contribution in [0.3, 0.4) is 0 Å². The molecule has 0 bridgehead atoms. The third kappa shape index (κ3) is 6.12. The van der Waals surface area contributed by atoms with Gasteiger partial charge in [0.25, 0.3) is 0 Å². The Kier molecular flexibility index (Phi) is 6.49. The summed E-state index contributed by atoms with van der Waals surface area (Å²) in [6.07, 6.45) is -3.95. The minimum atomic E-state index is -4.67. The van der Waals surface area contributed by atoms with Gasteiger partial charge in [-0.25, -0.2) is 0 Å². The monoisotopic (exact) mass is 283 g/mol. The first kappa shape index (κ1) is 17.1. The van der Waals surface area contributed by atoms with Gasteiger partial charge in [-0.1, -0.05) is 26.0 Å². The molecule has 0 aliphatic rings. The molecule has 0 aliphatic heterocycles. The van der Waals surface area contributed by atoms with Crippen LogP contribution in [-0.4, -0.2) is 6.36 Å². The molecule has 0 aliphatic carbocycles. The van der Waals surface area contributed by atoms with Crippen molar-refractivity contribution < 1.29 is 17.9 Å². The van der Waals surface area contributed by atoms with Gasteiger partial charge in [0.15, 0.2) is 0 Å². The highest BCUT2D eigenvalue weighted by Crippen LogP contribution is 2.26. The van der Waals surface area contributed by atoms with E-state index in [1.807, 2.05) is 13.8 Å². The van der Waals surface area contributed by atoms with Crippen molar-refractivity contribution in [3.05, 3.63) is 29.8 Å². The van der Waals surface area contributed by atoms with Crippen LogP contribution >= 0.6 is 12.4 Å². The van der Waals surface area contributed by atoms with Crippen molar-refractivity contribution >= 4 is 12.4 Å². The van der Waals surface area contributed by atoms with E-state index in [4.69, 9.17) is 5.73 Å². The number of hydrogen-bond acceptors (Lipinski definition) is 2. The second-order valence-electron chi connectivity index (χ2n) is 4.36. The number of ether oxygens (including phenoxy) is 1. The Morgan fingerprint density at radius 3 is 2.39 bits per heavy atom. The Morgan fingerprint density at radius 1 is 1.28 bits per heavy atom. The Morgan fingerprint density at radius 2 is 1.89 bits per heavy atom. The molecule has 2 N–H and O–H groups in total. The van der Waals surface area contributed by atoms with E-state index in [1.54, 1.807) is 6.07 Å². The van der Waals surface area contributed by atoms with Gasteiger partial charge in [0.05, 0.1) is 0 Å². The summed E-state index contributed by atoms with van der Waals surface area (Å²) < 4.78 is 39.9. The molecule has 1 atom stereocenters. The van der Waals surface area contributed by atoms with Crippen LogP contribution in [0.25, 0.3) is 0 Å². The minimum absolute atomic E-state index is 0. The van der Waals surface area contributed by atoms with Crippen molar-refractivity contribution in [1.82, 2.24) is 0 Å². The molecule has 0 aromatic heterocycles. The van der Waals surface area contributed by atoms with Gasteiger partial charge in [-0.15, -0.1) is 25.6 Å². The molecule has 1 aromatic rings. The second kappa shape index (κ2) is 6.85. The molecule has 1 rings (SSSR count). The molecule has 1 aromatic carbocycles. The molecule has 0 heterocycles. The molecule has 0 unspecified atom stereocenters. The maximum Gasteiger partial charge on any atom is 0.573 e. The van der Waals surface area contributed by atoms with Crippen molar-refractivity contribution in [3.63, 3.8) is 0 Å². The Bertz CT molecular complexity index is 369. The van der Waals surface area contributed by atoms with Crippen LogP contribution in [-0.2, 0) is 0 Å². The zero-order valence-electron chi connectivity index (χ0n) is 10.2. The van der Waals surface area contributed by atoms with Gasteiger partial charge in [0, 0.05) is 6.04 Å². The lowest BCUT2D eigenvalue weighted by Gasteiger charge is -2.16. The first-order valence-electron chi connectivity index (χ1n) is 5.39. The van der Waals surface area contributed by atoms with E-state index in [-0.39, 0.29) is 24.2 Å². The summed E-state index contributed by atoms with van der Waals surface area (Å²) in [7, 11) is 0. The van der Waals surface area contributed by atoms with E-state index in [9.17, 15) is 13.2 Å². The quantitative estimate of drug-likeness (QED) is 0.904. The van der Waals surface area contributed by atoms with Crippen LogP contribution in [0.1, 0.15) is 31.9 Å². The summed E-state index contributed by atoms with van der Waals surface area (Å²) in [6.45, 7) is 4.02. The van der Waals surface area contributed by atoms with Crippen LogP contribution in [0.15, 0.2) is 24.3 Å². The molecule has 18 heavy (non-hydrogen) atoms. The van der Waals surface area contributed by atoms with Gasteiger partial charge >= 0.3 is 6.36 Å². The average molecular weight is 284 g/mol. The van der Waals surface area contributed by atoms with Crippen LogP contribution in [0.5, 0.6) is 5.75 Å². The third-order valence-electron chi connectivity index (χ3n) is 2.25. The average Bonchev–Trinajstić information content (AvgIpc) is 2.14. The molecule has 2 nitrogen and oxygen atoms in total. The molecular formula is C12H17ClF3NO. The molecule has 0 saturated carbocycles. The highest BCUT2D eigenvalue weighted by atomic mass is 35.5. The normalized spacial score (nSPS) is 13.1. The summed E-state index contributed by atoms with van der Waals surface area (Å²) in [5.74, 6) is 0.159. The van der Waals surface area contributed by atoms with E-state index in [0.717, 1.165) is 6.42 Å². The highest BCUT2D eigenvalue weighted by Gasteiger charge is 2.31. The summed E-state index contributed by atoms with van der Waals surface area (Å²) >= 11 is 0. The number of rotatable bonds is 4. The number of benzene rings is 1. The molecule has 0 spiro atoms. The van der Waals surface area contributed by atoms with Crippen LogP contribution in [0, 0.1) is 5.92 Å². The van der Waals surface area contributed by atoms with Gasteiger partial charge in [-0.3, -0.25) is 0 Å². The zero-order chi connectivity index (χ0) is 13.1. The molecule has 104 valence electrons. The summed E-state index contributed by atoms with van der Waals surface area (Å²) in [5.41, 5.74) is 6.54. The lowest BCUT2D eigenvalue weighted by molar-refractivity contribution is -0.274. The fourth-order valence-electron chi connectivity index (χ4n) is 1.59. The lowest BCUT2D eigenvalue weighted by Crippen LogP contribution is -2.18.